The molecule has 0 bridgehead atoms. The molecule has 0 aliphatic carbocycles. The number of likely N-dealkylation sites (N-methyl/N-ethyl adjacent to an activating group) is 1. The lowest BCUT2D eigenvalue weighted by molar-refractivity contribution is -0.136. The third kappa shape index (κ3) is 4.27. The van der Waals surface area contributed by atoms with Crippen molar-refractivity contribution in [3.63, 3.8) is 0 Å². The van der Waals surface area contributed by atoms with E-state index < -0.39 is 11.8 Å². The van der Waals surface area contributed by atoms with Gasteiger partial charge in [-0.15, -0.1) is 0 Å². The van der Waals surface area contributed by atoms with Crippen molar-refractivity contribution in [2.75, 3.05) is 43.4 Å². The van der Waals surface area contributed by atoms with Gasteiger partial charge in [0, 0.05) is 31.9 Å². The number of aromatic nitrogens is 1. The number of carbonyl (C=O) groups is 2. The summed E-state index contributed by atoms with van der Waals surface area (Å²) >= 11 is 0. The number of likely N-dealkylation sites (tertiary alicyclic amines) is 1. The second-order valence-corrected chi connectivity index (χ2v) is 7.81. The van der Waals surface area contributed by atoms with Crippen LogP contribution in [0.2, 0.25) is 0 Å². The highest BCUT2D eigenvalue weighted by Gasteiger charge is 2.27. The van der Waals surface area contributed by atoms with Gasteiger partial charge < -0.3 is 14.7 Å². The molecule has 1 aromatic carbocycles. The Hall–Kier alpha value is -2.87. The monoisotopic (exact) mass is 397 g/mol. The van der Waals surface area contributed by atoms with Crippen LogP contribution in [0.5, 0.6) is 0 Å². The summed E-state index contributed by atoms with van der Waals surface area (Å²) in [6, 6.07) is 8.20. The minimum Gasteiger partial charge on any atom is -0.374 e. The van der Waals surface area contributed by atoms with E-state index in [0.29, 0.717) is 12.3 Å². The van der Waals surface area contributed by atoms with Crippen LogP contribution in [0.15, 0.2) is 28.8 Å². The zero-order valence-electron chi connectivity index (χ0n) is 16.9. The van der Waals surface area contributed by atoms with Gasteiger partial charge in [0.25, 0.3) is 0 Å². The van der Waals surface area contributed by atoms with Gasteiger partial charge >= 0.3 is 11.8 Å². The lowest BCUT2D eigenvalue weighted by atomic mass is 10.0. The van der Waals surface area contributed by atoms with Crippen molar-refractivity contribution in [3.05, 3.63) is 41.2 Å². The van der Waals surface area contributed by atoms with Gasteiger partial charge in [0.1, 0.15) is 5.76 Å². The molecule has 8 nitrogen and oxygen atoms in total. The predicted molar refractivity (Wildman–Crippen MR) is 110 cm³/mol. The van der Waals surface area contributed by atoms with E-state index in [1.807, 2.05) is 0 Å². The summed E-state index contributed by atoms with van der Waals surface area (Å²) < 4.78 is 4.91. The minimum absolute atomic E-state index is 0.0553. The SMILES string of the molecule is Cc1cc(NC(=O)C(=O)NC[C@@H](c2ccc3c(c2)CCN3C)N2CCCC2)no1. The van der Waals surface area contributed by atoms with Crippen LogP contribution in [-0.4, -0.2) is 55.1 Å². The maximum atomic E-state index is 12.3. The van der Waals surface area contributed by atoms with E-state index in [1.54, 1.807) is 13.0 Å². The van der Waals surface area contributed by atoms with Crippen molar-refractivity contribution in [2.45, 2.75) is 32.2 Å². The number of nitrogens with zero attached hydrogens (tertiary/aromatic N) is 3. The maximum absolute atomic E-state index is 12.3. The number of fused-ring (bicyclic) bond motifs is 1. The molecule has 1 atom stereocenters. The van der Waals surface area contributed by atoms with E-state index in [-0.39, 0.29) is 11.9 Å². The topological polar surface area (TPSA) is 90.7 Å². The minimum atomic E-state index is -0.742. The van der Waals surface area contributed by atoms with E-state index in [1.165, 1.54) is 16.8 Å². The average Bonchev–Trinajstić information content (AvgIpc) is 3.45. The normalized spacial score (nSPS) is 17.2. The van der Waals surface area contributed by atoms with Gasteiger partial charge in [-0.1, -0.05) is 17.3 Å². The number of nitrogens with one attached hydrogen (secondary N) is 2. The molecule has 0 unspecified atom stereocenters. The Bertz CT molecular complexity index is 903. The predicted octanol–water partition coefficient (Wildman–Crippen LogP) is 1.87. The molecule has 1 aromatic heterocycles. The molecular weight excluding hydrogens is 370 g/mol. The smallest absolute Gasteiger partial charge is 0.314 e. The van der Waals surface area contributed by atoms with Gasteiger partial charge in [0.15, 0.2) is 5.82 Å². The number of hydrogen-bond donors (Lipinski definition) is 2. The second-order valence-electron chi connectivity index (χ2n) is 7.81. The summed E-state index contributed by atoms with van der Waals surface area (Å²) in [4.78, 5) is 29.1. The molecule has 2 aliphatic heterocycles. The fourth-order valence-corrected chi connectivity index (χ4v) is 4.17. The Morgan fingerprint density at radius 1 is 1.17 bits per heavy atom. The van der Waals surface area contributed by atoms with Crippen LogP contribution in [-0.2, 0) is 16.0 Å². The summed E-state index contributed by atoms with van der Waals surface area (Å²) in [6.45, 7) is 5.14. The number of anilines is 2. The lowest BCUT2D eigenvalue weighted by Gasteiger charge is -2.28. The van der Waals surface area contributed by atoms with E-state index in [2.05, 4.69) is 50.8 Å². The quantitative estimate of drug-likeness (QED) is 0.749. The number of rotatable bonds is 5. The van der Waals surface area contributed by atoms with Crippen LogP contribution in [0, 0.1) is 6.92 Å². The van der Waals surface area contributed by atoms with Crippen molar-refractivity contribution in [2.24, 2.45) is 0 Å². The molecule has 154 valence electrons. The van der Waals surface area contributed by atoms with Gasteiger partial charge in [-0.25, -0.2) is 0 Å². The first-order valence-electron chi connectivity index (χ1n) is 10.1. The average molecular weight is 397 g/mol. The zero-order valence-corrected chi connectivity index (χ0v) is 16.9. The van der Waals surface area contributed by atoms with E-state index >= 15 is 0 Å². The highest BCUT2D eigenvalue weighted by Crippen LogP contribution is 2.32. The van der Waals surface area contributed by atoms with Gasteiger partial charge in [-0.05, 0) is 56.5 Å². The largest absolute Gasteiger partial charge is 0.374 e. The van der Waals surface area contributed by atoms with Crippen LogP contribution >= 0.6 is 0 Å². The Morgan fingerprint density at radius 2 is 1.97 bits per heavy atom. The first kappa shape index (κ1) is 19.4. The Labute approximate surface area is 170 Å². The second kappa shape index (κ2) is 8.24. The van der Waals surface area contributed by atoms with Crippen LogP contribution in [0.25, 0.3) is 0 Å². The molecule has 0 spiro atoms. The Balaban J connectivity index is 1.44. The van der Waals surface area contributed by atoms with E-state index in [9.17, 15) is 9.59 Å². The number of benzene rings is 1. The first-order valence-corrected chi connectivity index (χ1v) is 10.1. The highest BCUT2D eigenvalue weighted by atomic mass is 16.5. The number of amides is 2. The molecule has 8 heteroatoms. The van der Waals surface area contributed by atoms with Gasteiger partial charge in [-0.3, -0.25) is 19.8 Å². The Morgan fingerprint density at radius 3 is 2.69 bits per heavy atom. The molecule has 4 rings (SSSR count). The molecule has 2 N–H and O–H groups in total. The van der Waals surface area contributed by atoms with Gasteiger partial charge in [0.05, 0.1) is 6.04 Å². The molecule has 1 fully saturated rings. The molecule has 0 radical (unpaired) electrons. The fraction of sp³-hybridized carbons (Fsp3) is 0.476. The lowest BCUT2D eigenvalue weighted by Crippen LogP contribution is -2.41. The fourth-order valence-electron chi connectivity index (χ4n) is 4.17. The van der Waals surface area contributed by atoms with Crippen LogP contribution in [0.1, 0.15) is 35.8 Å². The third-order valence-corrected chi connectivity index (χ3v) is 5.73. The molecule has 1 saturated heterocycles. The van der Waals surface area contributed by atoms with E-state index in [0.717, 1.165) is 38.9 Å². The molecule has 2 aliphatic rings. The van der Waals surface area contributed by atoms with Gasteiger partial charge in [0.2, 0.25) is 0 Å². The number of hydrogen-bond acceptors (Lipinski definition) is 6. The Kier molecular flexibility index (Phi) is 5.53. The van der Waals surface area contributed by atoms with Crippen molar-refractivity contribution in [1.29, 1.82) is 0 Å². The zero-order chi connectivity index (χ0) is 20.4. The highest BCUT2D eigenvalue weighted by molar-refractivity contribution is 6.39. The first-order chi connectivity index (χ1) is 14.0. The summed E-state index contributed by atoms with van der Waals surface area (Å²) in [5, 5.41) is 8.94. The molecular formula is C21H27N5O3. The molecule has 3 heterocycles. The van der Waals surface area contributed by atoms with Crippen molar-refractivity contribution in [1.82, 2.24) is 15.4 Å². The van der Waals surface area contributed by atoms with Crippen LogP contribution in [0.3, 0.4) is 0 Å². The molecule has 2 aromatic rings. The maximum Gasteiger partial charge on any atom is 0.314 e. The van der Waals surface area contributed by atoms with Crippen molar-refractivity contribution < 1.29 is 14.1 Å². The number of aryl methyl sites for hydroxylation is 1. The summed E-state index contributed by atoms with van der Waals surface area (Å²) in [7, 11) is 2.11. The summed E-state index contributed by atoms with van der Waals surface area (Å²) in [6.07, 6.45) is 3.35. The molecule has 29 heavy (non-hydrogen) atoms. The van der Waals surface area contributed by atoms with Crippen molar-refractivity contribution >= 4 is 23.3 Å². The van der Waals surface area contributed by atoms with E-state index in [4.69, 9.17) is 4.52 Å². The molecule has 0 saturated carbocycles. The summed E-state index contributed by atoms with van der Waals surface area (Å²) in [5.74, 6) is -0.608. The third-order valence-electron chi connectivity index (χ3n) is 5.73. The van der Waals surface area contributed by atoms with Gasteiger partial charge in [-0.2, -0.15) is 0 Å². The number of carbonyl (C=O) groups excluding carboxylic acids is 2. The standard InChI is InChI=1S/C21H27N5O3/c1-14-11-19(24-29-14)23-21(28)20(27)22-13-18(26-8-3-4-9-26)15-5-6-17-16(12-15)7-10-25(17)2/h5-6,11-12,18H,3-4,7-10,13H2,1-2H3,(H,22,27)(H,23,24,28)/t18-/m0/s1. The summed E-state index contributed by atoms with van der Waals surface area (Å²) in [5.41, 5.74) is 3.81. The van der Waals surface area contributed by atoms with Crippen molar-refractivity contribution in [3.8, 4) is 0 Å². The molecule has 2 amide bonds. The van der Waals surface area contributed by atoms with Crippen LogP contribution < -0.4 is 15.5 Å². The van der Waals surface area contributed by atoms with Crippen LogP contribution in [0.4, 0.5) is 11.5 Å².